The second-order valence-electron chi connectivity index (χ2n) is 4.61. The Kier molecular flexibility index (Phi) is 6.22. The van der Waals surface area contributed by atoms with E-state index < -0.39 is 6.10 Å². The lowest BCUT2D eigenvalue weighted by Crippen LogP contribution is -2.36. The Bertz CT molecular complexity index is 265. The number of hydrogen-bond acceptors (Lipinski definition) is 3. The van der Waals surface area contributed by atoms with Crippen molar-refractivity contribution in [1.29, 1.82) is 0 Å². The van der Waals surface area contributed by atoms with Gasteiger partial charge in [0.05, 0.1) is 0 Å². The van der Waals surface area contributed by atoms with Gasteiger partial charge in [0, 0.05) is 19.7 Å². The average Bonchev–Trinajstić information content (AvgIpc) is 2.77. The maximum Gasteiger partial charge on any atom is 0.255 e. The normalized spacial score (nSPS) is 22.3. The summed E-state index contributed by atoms with van der Waals surface area (Å²) in [4.78, 5) is 13.5. The zero-order chi connectivity index (χ0) is 12.7. The van der Waals surface area contributed by atoms with Crippen molar-refractivity contribution < 1.29 is 15.0 Å². The molecule has 4 heteroatoms. The zero-order valence-electron chi connectivity index (χ0n) is 10.5. The fourth-order valence-corrected chi connectivity index (χ4v) is 2.11. The molecule has 1 fully saturated rings. The van der Waals surface area contributed by atoms with Gasteiger partial charge in [0.1, 0.15) is 0 Å². The standard InChI is InChI=1S/C13H23NO3/c1-2-3-4-5-12(16)13(17)14-8-6-11(10-14)7-9-15/h4-5,11-12,15-16H,2-3,6-10H2,1H3. The lowest BCUT2D eigenvalue weighted by Gasteiger charge is -2.18. The smallest absolute Gasteiger partial charge is 0.255 e. The number of rotatable bonds is 6. The van der Waals surface area contributed by atoms with Crippen LogP contribution in [0.1, 0.15) is 32.6 Å². The number of hydrogen-bond donors (Lipinski definition) is 2. The fraction of sp³-hybridized carbons (Fsp3) is 0.769. The molecule has 1 rings (SSSR count). The van der Waals surface area contributed by atoms with Crippen LogP contribution in [0.3, 0.4) is 0 Å². The molecule has 0 spiro atoms. The molecule has 17 heavy (non-hydrogen) atoms. The molecule has 0 aromatic rings. The van der Waals surface area contributed by atoms with E-state index in [1.54, 1.807) is 11.0 Å². The number of allylic oxidation sites excluding steroid dienone is 1. The Balaban J connectivity index is 2.37. The minimum absolute atomic E-state index is 0.172. The van der Waals surface area contributed by atoms with Crippen molar-refractivity contribution in [1.82, 2.24) is 4.90 Å². The van der Waals surface area contributed by atoms with Crippen LogP contribution in [0.5, 0.6) is 0 Å². The number of amides is 1. The van der Waals surface area contributed by atoms with Crippen molar-refractivity contribution in [2.75, 3.05) is 19.7 Å². The minimum Gasteiger partial charge on any atom is -0.396 e. The number of aliphatic hydroxyl groups is 2. The molecule has 0 aromatic heterocycles. The van der Waals surface area contributed by atoms with E-state index in [9.17, 15) is 9.90 Å². The van der Waals surface area contributed by atoms with Crippen LogP contribution in [0.2, 0.25) is 0 Å². The van der Waals surface area contributed by atoms with Gasteiger partial charge in [-0.1, -0.05) is 25.5 Å². The van der Waals surface area contributed by atoms with Gasteiger partial charge in [-0.25, -0.2) is 0 Å². The topological polar surface area (TPSA) is 60.8 Å². The molecule has 2 atom stereocenters. The second-order valence-corrected chi connectivity index (χ2v) is 4.61. The summed E-state index contributed by atoms with van der Waals surface area (Å²) in [6, 6.07) is 0. The summed E-state index contributed by atoms with van der Waals surface area (Å²) in [7, 11) is 0. The SMILES string of the molecule is CCCC=CC(O)C(=O)N1CCC(CCO)C1. The predicted molar refractivity (Wildman–Crippen MR) is 66.4 cm³/mol. The minimum atomic E-state index is -1.01. The second kappa shape index (κ2) is 7.45. The lowest BCUT2D eigenvalue weighted by molar-refractivity contribution is -0.136. The molecule has 4 nitrogen and oxygen atoms in total. The number of unbranched alkanes of at least 4 members (excludes halogenated alkanes) is 1. The van der Waals surface area contributed by atoms with Gasteiger partial charge in [0.25, 0.3) is 5.91 Å². The summed E-state index contributed by atoms with van der Waals surface area (Å²) in [5, 5.41) is 18.5. The molecule has 2 unspecified atom stereocenters. The molecule has 0 radical (unpaired) electrons. The Labute approximate surface area is 103 Å². The molecule has 1 heterocycles. The maximum atomic E-state index is 11.9. The van der Waals surface area contributed by atoms with E-state index >= 15 is 0 Å². The van der Waals surface area contributed by atoms with Crippen LogP contribution in [-0.4, -0.2) is 46.8 Å². The first-order chi connectivity index (χ1) is 8.19. The first-order valence-corrected chi connectivity index (χ1v) is 6.43. The first kappa shape index (κ1) is 14.2. The summed E-state index contributed by atoms with van der Waals surface area (Å²) < 4.78 is 0. The molecule has 1 amide bonds. The largest absolute Gasteiger partial charge is 0.396 e. The highest BCUT2D eigenvalue weighted by Crippen LogP contribution is 2.19. The predicted octanol–water partition coefficient (Wildman–Crippen LogP) is 0.935. The van der Waals surface area contributed by atoms with E-state index in [1.165, 1.54) is 0 Å². The summed E-state index contributed by atoms with van der Waals surface area (Å²) in [6.07, 6.45) is 5.99. The van der Waals surface area contributed by atoms with Crippen LogP contribution in [0, 0.1) is 5.92 Å². The third-order valence-corrected chi connectivity index (χ3v) is 3.16. The molecular formula is C13H23NO3. The molecule has 0 aliphatic carbocycles. The summed E-state index contributed by atoms with van der Waals surface area (Å²) >= 11 is 0. The van der Waals surface area contributed by atoms with Crippen molar-refractivity contribution in [2.45, 2.75) is 38.7 Å². The van der Waals surface area contributed by atoms with Crippen molar-refractivity contribution in [3.8, 4) is 0 Å². The van der Waals surface area contributed by atoms with E-state index in [4.69, 9.17) is 5.11 Å². The molecule has 0 aromatic carbocycles. The molecule has 1 aliphatic rings. The number of likely N-dealkylation sites (tertiary alicyclic amines) is 1. The van der Waals surface area contributed by atoms with Crippen LogP contribution in [0.25, 0.3) is 0 Å². The van der Waals surface area contributed by atoms with Gasteiger partial charge < -0.3 is 15.1 Å². The quantitative estimate of drug-likeness (QED) is 0.680. The average molecular weight is 241 g/mol. The number of carbonyl (C=O) groups is 1. The van der Waals surface area contributed by atoms with Crippen molar-refractivity contribution >= 4 is 5.91 Å². The molecule has 0 saturated carbocycles. The van der Waals surface area contributed by atoms with Gasteiger partial charge in [0.15, 0.2) is 6.10 Å². The summed E-state index contributed by atoms with van der Waals surface area (Å²) in [5.41, 5.74) is 0. The Hall–Kier alpha value is -0.870. The first-order valence-electron chi connectivity index (χ1n) is 6.43. The molecule has 98 valence electrons. The highest BCUT2D eigenvalue weighted by Gasteiger charge is 2.28. The van der Waals surface area contributed by atoms with Gasteiger partial charge in [-0.2, -0.15) is 0 Å². The monoisotopic (exact) mass is 241 g/mol. The van der Waals surface area contributed by atoms with Gasteiger partial charge in [-0.15, -0.1) is 0 Å². The molecular weight excluding hydrogens is 218 g/mol. The third-order valence-electron chi connectivity index (χ3n) is 3.16. The van der Waals surface area contributed by atoms with E-state index in [0.29, 0.717) is 19.0 Å². The maximum absolute atomic E-state index is 11.9. The van der Waals surface area contributed by atoms with Gasteiger partial charge >= 0.3 is 0 Å². The van der Waals surface area contributed by atoms with Crippen LogP contribution in [-0.2, 0) is 4.79 Å². The summed E-state index contributed by atoms with van der Waals surface area (Å²) in [5.74, 6) is 0.175. The summed E-state index contributed by atoms with van der Waals surface area (Å²) in [6.45, 7) is 3.59. The Morgan fingerprint density at radius 2 is 2.35 bits per heavy atom. The fourth-order valence-electron chi connectivity index (χ4n) is 2.11. The molecule has 0 bridgehead atoms. The third kappa shape index (κ3) is 4.48. The van der Waals surface area contributed by atoms with Crippen molar-refractivity contribution in [3.63, 3.8) is 0 Å². The lowest BCUT2D eigenvalue weighted by atomic mass is 10.1. The van der Waals surface area contributed by atoms with Crippen LogP contribution >= 0.6 is 0 Å². The van der Waals surface area contributed by atoms with Crippen molar-refractivity contribution in [2.24, 2.45) is 5.92 Å². The van der Waals surface area contributed by atoms with Crippen LogP contribution in [0.4, 0.5) is 0 Å². The number of carbonyl (C=O) groups excluding carboxylic acids is 1. The number of aliphatic hydroxyl groups excluding tert-OH is 2. The molecule has 1 aliphatic heterocycles. The highest BCUT2D eigenvalue weighted by atomic mass is 16.3. The number of nitrogens with zero attached hydrogens (tertiary/aromatic N) is 1. The van der Waals surface area contributed by atoms with Gasteiger partial charge in [-0.3, -0.25) is 4.79 Å². The van der Waals surface area contributed by atoms with Crippen LogP contribution in [0.15, 0.2) is 12.2 Å². The van der Waals surface area contributed by atoms with E-state index in [2.05, 4.69) is 6.92 Å². The van der Waals surface area contributed by atoms with E-state index in [-0.39, 0.29) is 12.5 Å². The zero-order valence-corrected chi connectivity index (χ0v) is 10.5. The molecule has 2 N–H and O–H groups in total. The van der Waals surface area contributed by atoms with Gasteiger partial charge in [0.2, 0.25) is 0 Å². The van der Waals surface area contributed by atoms with Crippen LogP contribution < -0.4 is 0 Å². The van der Waals surface area contributed by atoms with Gasteiger partial charge in [-0.05, 0) is 25.2 Å². The molecule has 1 saturated heterocycles. The highest BCUT2D eigenvalue weighted by molar-refractivity contribution is 5.82. The van der Waals surface area contributed by atoms with Crippen molar-refractivity contribution in [3.05, 3.63) is 12.2 Å². The Morgan fingerprint density at radius 1 is 1.59 bits per heavy atom. The van der Waals surface area contributed by atoms with E-state index in [0.717, 1.165) is 25.7 Å². The Morgan fingerprint density at radius 3 is 3.00 bits per heavy atom. The van der Waals surface area contributed by atoms with E-state index in [1.807, 2.05) is 6.08 Å².